The molecule has 0 aromatic heterocycles. The van der Waals surface area contributed by atoms with Gasteiger partial charge >= 0.3 is 12.1 Å². The number of esters is 1. The molecular weight excluding hydrogens is 224 g/mol. The zero-order valence-corrected chi connectivity index (χ0v) is 10.5. The number of carbonyl (C=O) groups excluding carboxylic acids is 1. The van der Waals surface area contributed by atoms with Crippen molar-refractivity contribution in [2.45, 2.75) is 38.8 Å². The highest BCUT2D eigenvalue weighted by molar-refractivity contribution is 5.72. The van der Waals surface area contributed by atoms with Crippen molar-refractivity contribution < 1.29 is 19.4 Å². The minimum atomic E-state index is -0.911. The van der Waals surface area contributed by atoms with E-state index in [1.807, 2.05) is 20.8 Å². The lowest BCUT2D eigenvalue weighted by Crippen LogP contribution is -2.39. The number of nitrogens with zero attached hydrogens (tertiary/aromatic N) is 1. The van der Waals surface area contributed by atoms with Gasteiger partial charge in [-0.05, 0) is 27.2 Å². The highest BCUT2D eigenvalue weighted by Gasteiger charge is 2.26. The maximum Gasteiger partial charge on any atom is 0.407 e. The quantitative estimate of drug-likeness (QED) is 0.713. The van der Waals surface area contributed by atoms with Crippen LogP contribution in [0.5, 0.6) is 0 Å². The monoisotopic (exact) mass is 244 g/mol. The molecule has 1 aliphatic rings. The van der Waals surface area contributed by atoms with E-state index in [-0.39, 0.29) is 18.6 Å². The molecule has 1 saturated heterocycles. The third-order valence-electron chi connectivity index (χ3n) is 2.41. The fraction of sp³-hybridized carbons (Fsp3) is 0.818. The molecule has 6 heteroatoms. The molecule has 1 rings (SSSR count). The van der Waals surface area contributed by atoms with Crippen molar-refractivity contribution >= 4 is 12.1 Å². The van der Waals surface area contributed by atoms with Crippen LogP contribution >= 0.6 is 0 Å². The lowest BCUT2D eigenvalue weighted by atomic mass is 10.2. The van der Waals surface area contributed by atoms with Crippen LogP contribution in [0, 0.1) is 0 Å². The van der Waals surface area contributed by atoms with Gasteiger partial charge in [0.25, 0.3) is 0 Å². The van der Waals surface area contributed by atoms with Crippen LogP contribution in [0.25, 0.3) is 0 Å². The van der Waals surface area contributed by atoms with E-state index >= 15 is 0 Å². The molecule has 0 bridgehead atoms. The van der Waals surface area contributed by atoms with Gasteiger partial charge in [-0.15, -0.1) is 0 Å². The Bertz CT molecular complexity index is 298. The Kier molecular flexibility index (Phi) is 4.34. The summed E-state index contributed by atoms with van der Waals surface area (Å²) in [6, 6.07) is 0.0404. The molecule has 1 atom stereocenters. The van der Waals surface area contributed by atoms with E-state index in [4.69, 9.17) is 9.84 Å². The van der Waals surface area contributed by atoms with Crippen molar-refractivity contribution in [1.29, 1.82) is 0 Å². The SMILES string of the molecule is CC(C)(C)OC(=O)CNC1CCN(C(=O)O)C1. The van der Waals surface area contributed by atoms with E-state index in [0.717, 1.165) is 6.42 Å². The lowest BCUT2D eigenvalue weighted by molar-refractivity contribution is -0.153. The Labute approximate surface area is 101 Å². The Morgan fingerprint density at radius 2 is 2.12 bits per heavy atom. The Balaban J connectivity index is 2.24. The summed E-state index contributed by atoms with van der Waals surface area (Å²) in [5.41, 5.74) is -0.485. The third-order valence-corrected chi connectivity index (χ3v) is 2.41. The smallest absolute Gasteiger partial charge is 0.407 e. The molecular formula is C11H20N2O4. The number of hydrogen-bond acceptors (Lipinski definition) is 4. The zero-order chi connectivity index (χ0) is 13.1. The van der Waals surface area contributed by atoms with E-state index < -0.39 is 11.7 Å². The van der Waals surface area contributed by atoms with Gasteiger partial charge in [0, 0.05) is 19.1 Å². The molecule has 0 aromatic rings. The first-order valence-electron chi connectivity index (χ1n) is 5.71. The van der Waals surface area contributed by atoms with Crippen LogP contribution in [-0.2, 0) is 9.53 Å². The maximum absolute atomic E-state index is 11.4. The first-order valence-corrected chi connectivity index (χ1v) is 5.71. The molecule has 17 heavy (non-hydrogen) atoms. The van der Waals surface area contributed by atoms with Crippen molar-refractivity contribution in [3.05, 3.63) is 0 Å². The fourth-order valence-corrected chi connectivity index (χ4v) is 1.71. The fourth-order valence-electron chi connectivity index (χ4n) is 1.71. The van der Waals surface area contributed by atoms with Gasteiger partial charge in [0.15, 0.2) is 0 Å². The molecule has 1 heterocycles. The van der Waals surface area contributed by atoms with Crippen LogP contribution in [0.4, 0.5) is 4.79 Å². The minimum absolute atomic E-state index is 0.0404. The van der Waals surface area contributed by atoms with Crippen LogP contribution in [0.3, 0.4) is 0 Å². The second-order valence-corrected chi connectivity index (χ2v) is 5.18. The molecule has 1 unspecified atom stereocenters. The van der Waals surface area contributed by atoms with E-state index in [2.05, 4.69) is 5.32 Å². The first kappa shape index (κ1) is 13.8. The van der Waals surface area contributed by atoms with Crippen molar-refractivity contribution in [3.8, 4) is 0 Å². The van der Waals surface area contributed by atoms with Crippen LogP contribution in [0.1, 0.15) is 27.2 Å². The Hall–Kier alpha value is -1.30. The van der Waals surface area contributed by atoms with Gasteiger partial charge < -0.3 is 20.1 Å². The van der Waals surface area contributed by atoms with Crippen molar-refractivity contribution in [1.82, 2.24) is 10.2 Å². The van der Waals surface area contributed by atoms with Gasteiger partial charge in [-0.1, -0.05) is 0 Å². The number of likely N-dealkylation sites (tertiary alicyclic amines) is 1. The van der Waals surface area contributed by atoms with Gasteiger partial charge in [0.2, 0.25) is 0 Å². The molecule has 0 spiro atoms. The average molecular weight is 244 g/mol. The normalized spacial score (nSPS) is 20.4. The number of ether oxygens (including phenoxy) is 1. The van der Waals surface area contributed by atoms with E-state index in [9.17, 15) is 9.59 Å². The summed E-state index contributed by atoms with van der Waals surface area (Å²) < 4.78 is 5.14. The molecule has 1 aliphatic heterocycles. The molecule has 98 valence electrons. The highest BCUT2D eigenvalue weighted by atomic mass is 16.6. The van der Waals surface area contributed by atoms with Crippen LogP contribution in [0.15, 0.2) is 0 Å². The summed E-state index contributed by atoms with van der Waals surface area (Å²) >= 11 is 0. The number of carbonyl (C=O) groups is 2. The number of amides is 1. The molecule has 0 aliphatic carbocycles. The van der Waals surface area contributed by atoms with Crippen molar-refractivity contribution in [2.24, 2.45) is 0 Å². The second-order valence-electron chi connectivity index (χ2n) is 5.18. The first-order chi connectivity index (χ1) is 7.78. The average Bonchev–Trinajstić information content (AvgIpc) is 2.60. The Morgan fingerprint density at radius 3 is 2.59 bits per heavy atom. The molecule has 0 radical (unpaired) electrons. The number of nitrogens with one attached hydrogen (secondary N) is 1. The van der Waals surface area contributed by atoms with Gasteiger partial charge in [0.05, 0.1) is 6.54 Å². The predicted molar refractivity (Wildman–Crippen MR) is 61.9 cm³/mol. The van der Waals surface area contributed by atoms with Gasteiger partial charge in [-0.25, -0.2) is 4.79 Å². The Morgan fingerprint density at radius 1 is 1.47 bits per heavy atom. The number of hydrogen-bond donors (Lipinski definition) is 2. The lowest BCUT2D eigenvalue weighted by Gasteiger charge is -2.20. The maximum atomic E-state index is 11.4. The summed E-state index contributed by atoms with van der Waals surface area (Å²) in [6.45, 7) is 6.50. The predicted octanol–water partition coefficient (Wildman–Crippen LogP) is 0.670. The van der Waals surface area contributed by atoms with Crippen LogP contribution in [0.2, 0.25) is 0 Å². The van der Waals surface area contributed by atoms with Crippen LogP contribution in [-0.4, -0.2) is 53.3 Å². The summed E-state index contributed by atoms with van der Waals surface area (Å²) in [5, 5.41) is 11.8. The number of rotatable bonds is 3. The summed E-state index contributed by atoms with van der Waals surface area (Å²) in [4.78, 5) is 23.4. The van der Waals surface area contributed by atoms with Crippen molar-refractivity contribution in [3.63, 3.8) is 0 Å². The largest absolute Gasteiger partial charge is 0.465 e. The summed E-state index contributed by atoms with van der Waals surface area (Å²) in [5.74, 6) is -0.314. The summed E-state index contributed by atoms with van der Waals surface area (Å²) in [7, 11) is 0. The molecule has 0 aromatic carbocycles. The topological polar surface area (TPSA) is 78.9 Å². The van der Waals surface area contributed by atoms with Gasteiger partial charge in [-0.3, -0.25) is 4.79 Å². The molecule has 1 fully saturated rings. The molecule has 1 amide bonds. The number of carboxylic acid groups (broad SMARTS) is 1. The second kappa shape index (κ2) is 5.35. The van der Waals surface area contributed by atoms with Gasteiger partial charge in [-0.2, -0.15) is 0 Å². The van der Waals surface area contributed by atoms with E-state index in [1.165, 1.54) is 4.90 Å². The highest BCUT2D eigenvalue weighted by Crippen LogP contribution is 2.10. The molecule has 0 saturated carbocycles. The van der Waals surface area contributed by atoms with E-state index in [1.54, 1.807) is 0 Å². The third kappa shape index (κ3) is 5.04. The van der Waals surface area contributed by atoms with E-state index in [0.29, 0.717) is 13.1 Å². The summed E-state index contributed by atoms with van der Waals surface area (Å²) in [6.07, 6.45) is -0.179. The molecule has 6 nitrogen and oxygen atoms in total. The zero-order valence-electron chi connectivity index (χ0n) is 10.5. The van der Waals surface area contributed by atoms with Gasteiger partial charge in [0.1, 0.15) is 5.60 Å². The molecule has 2 N–H and O–H groups in total. The minimum Gasteiger partial charge on any atom is -0.465 e. The standard InChI is InChI=1S/C11H20N2O4/c1-11(2,3)17-9(14)6-12-8-4-5-13(7-8)10(15)16/h8,12H,4-7H2,1-3H3,(H,15,16). The van der Waals surface area contributed by atoms with Crippen molar-refractivity contribution in [2.75, 3.05) is 19.6 Å². The van der Waals surface area contributed by atoms with Crippen LogP contribution < -0.4 is 5.32 Å².